The lowest BCUT2D eigenvalue weighted by molar-refractivity contribution is -0.141. The van der Waals surface area contributed by atoms with E-state index in [2.05, 4.69) is 5.32 Å². The van der Waals surface area contributed by atoms with E-state index in [-0.39, 0.29) is 43.8 Å². The van der Waals surface area contributed by atoms with Crippen molar-refractivity contribution in [3.8, 4) is 5.75 Å². The van der Waals surface area contributed by atoms with Crippen molar-refractivity contribution in [1.29, 1.82) is 0 Å². The van der Waals surface area contributed by atoms with Gasteiger partial charge < -0.3 is 15.0 Å². The molecule has 3 aromatic carbocycles. The molecule has 0 aromatic heterocycles. The van der Waals surface area contributed by atoms with Crippen molar-refractivity contribution in [2.75, 3.05) is 24.2 Å². The Morgan fingerprint density at radius 1 is 0.927 bits per heavy atom. The van der Waals surface area contributed by atoms with Crippen molar-refractivity contribution in [2.45, 2.75) is 58.7 Å². The average Bonchev–Trinajstić information content (AvgIpc) is 2.93. The van der Waals surface area contributed by atoms with Crippen molar-refractivity contribution in [3.05, 3.63) is 95.6 Å². The normalized spacial score (nSPS) is 12.0. The van der Waals surface area contributed by atoms with E-state index in [4.69, 9.17) is 4.74 Å². The average molecular weight is 580 g/mol. The van der Waals surface area contributed by atoms with Gasteiger partial charge >= 0.3 is 0 Å². The van der Waals surface area contributed by atoms with E-state index in [0.29, 0.717) is 17.9 Å². The summed E-state index contributed by atoms with van der Waals surface area (Å²) in [5.74, 6) is 0.186. The summed E-state index contributed by atoms with van der Waals surface area (Å²) < 4.78 is 31.7. The summed E-state index contributed by atoms with van der Waals surface area (Å²) in [6, 6.07) is 23.4. The number of nitrogens with zero attached hydrogens (tertiary/aromatic N) is 2. The molecule has 0 spiro atoms. The second-order valence-electron chi connectivity index (χ2n) is 10.5. The number of sulfonamides is 1. The van der Waals surface area contributed by atoms with Crippen molar-refractivity contribution in [2.24, 2.45) is 0 Å². The van der Waals surface area contributed by atoms with Gasteiger partial charge in [-0.15, -0.1) is 0 Å². The minimum Gasteiger partial charge on any atom is -0.497 e. The first-order valence-corrected chi connectivity index (χ1v) is 15.6. The molecule has 0 fully saturated rings. The fourth-order valence-corrected chi connectivity index (χ4v) is 5.62. The molecule has 9 heteroatoms. The predicted octanol–water partition coefficient (Wildman–Crippen LogP) is 4.71. The monoisotopic (exact) mass is 579 g/mol. The van der Waals surface area contributed by atoms with Crippen LogP contribution in [-0.2, 0) is 32.6 Å². The number of hydrogen-bond donors (Lipinski definition) is 1. The van der Waals surface area contributed by atoms with Crippen LogP contribution in [0.4, 0.5) is 5.69 Å². The maximum Gasteiger partial charge on any atom is 0.243 e. The topological polar surface area (TPSA) is 96.0 Å². The lowest BCUT2D eigenvalue weighted by Gasteiger charge is -2.33. The third-order valence-corrected chi connectivity index (χ3v) is 8.01. The fraction of sp³-hybridized carbons (Fsp3) is 0.375. The molecule has 0 radical (unpaired) electrons. The van der Waals surface area contributed by atoms with Gasteiger partial charge in [-0.1, -0.05) is 54.6 Å². The van der Waals surface area contributed by atoms with Crippen LogP contribution in [-0.4, -0.2) is 57.1 Å². The molecule has 2 amide bonds. The molecule has 8 nitrogen and oxygen atoms in total. The molecule has 0 heterocycles. The number of hydrogen-bond acceptors (Lipinski definition) is 5. The highest BCUT2D eigenvalue weighted by atomic mass is 32.2. The molecule has 220 valence electrons. The van der Waals surface area contributed by atoms with Crippen molar-refractivity contribution in [3.63, 3.8) is 0 Å². The zero-order chi connectivity index (χ0) is 30.0. The van der Waals surface area contributed by atoms with Crippen LogP contribution in [0.2, 0.25) is 0 Å². The number of methoxy groups -OCH3 is 1. The summed E-state index contributed by atoms with van der Waals surface area (Å²) in [4.78, 5) is 29.1. The summed E-state index contributed by atoms with van der Waals surface area (Å²) >= 11 is 0. The minimum atomic E-state index is -3.59. The van der Waals surface area contributed by atoms with E-state index < -0.39 is 16.1 Å². The molecule has 0 saturated carbocycles. The number of carbonyl (C=O) groups excluding carboxylic acids is 2. The summed E-state index contributed by atoms with van der Waals surface area (Å²) in [6.07, 6.45) is 1.87. The van der Waals surface area contributed by atoms with Crippen LogP contribution in [0.15, 0.2) is 78.9 Å². The number of amides is 2. The minimum absolute atomic E-state index is 0.0777. The largest absolute Gasteiger partial charge is 0.497 e. The molecule has 3 aromatic rings. The van der Waals surface area contributed by atoms with Gasteiger partial charge in [-0.25, -0.2) is 8.42 Å². The Bertz CT molecular complexity index is 1390. The first-order chi connectivity index (χ1) is 19.5. The summed E-state index contributed by atoms with van der Waals surface area (Å²) in [5.41, 5.74) is 3.42. The number of nitrogens with one attached hydrogen (secondary N) is 1. The molecule has 3 rings (SSSR count). The highest BCUT2D eigenvalue weighted by molar-refractivity contribution is 7.92. The summed E-state index contributed by atoms with van der Waals surface area (Å²) in [6.45, 7) is 6.16. The van der Waals surface area contributed by atoms with Crippen LogP contribution < -0.4 is 14.4 Å². The van der Waals surface area contributed by atoms with Gasteiger partial charge in [0.2, 0.25) is 21.8 Å². The molecular formula is C32H41N3O5S. The van der Waals surface area contributed by atoms with E-state index in [1.54, 1.807) is 36.3 Å². The number of ether oxygens (including phenoxy) is 1. The Hall–Kier alpha value is -3.85. The molecular weight excluding hydrogens is 538 g/mol. The second kappa shape index (κ2) is 14.7. The van der Waals surface area contributed by atoms with Gasteiger partial charge in [-0.05, 0) is 68.1 Å². The van der Waals surface area contributed by atoms with Crippen LogP contribution in [0.25, 0.3) is 0 Å². The Morgan fingerprint density at radius 3 is 2.15 bits per heavy atom. The van der Waals surface area contributed by atoms with E-state index >= 15 is 0 Å². The molecule has 41 heavy (non-hydrogen) atoms. The van der Waals surface area contributed by atoms with Crippen molar-refractivity contribution >= 4 is 27.5 Å². The van der Waals surface area contributed by atoms with Gasteiger partial charge in [0.25, 0.3) is 0 Å². The van der Waals surface area contributed by atoms with Crippen molar-refractivity contribution in [1.82, 2.24) is 10.2 Å². The van der Waals surface area contributed by atoms with Gasteiger partial charge in [-0.3, -0.25) is 13.9 Å². The number of carbonyl (C=O) groups is 2. The van der Waals surface area contributed by atoms with Crippen LogP contribution in [0, 0.1) is 6.92 Å². The first kappa shape index (κ1) is 31.7. The summed E-state index contributed by atoms with van der Waals surface area (Å²) in [7, 11) is -2.04. The van der Waals surface area contributed by atoms with Gasteiger partial charge in [0, 0.05) is 32.0 Å². The SMILES string of the molecule is COc1ccc(N(CCCC(=O)N(Cc2ccccc2C)[C@@H](Cc2ccccc2)C(=O)NC(C)C)S(C)(=O)=O)cc1. The standard InChI is InChI=1S/C32H41N3O5S/c1-24(2)33-32(37)30(22-26-13-7-6-8-14-26)34(23-27-15-10-9-12-25(27)3)31(36)16-11-21-35(41(5,38)39)28-17-19-29(40-4)20-18-28/h6-10,12-15,17-20,24,30H,11,16,21-23H2,1-5H3,(H,33,37)/t30-/m0/s1. The number of anilines is 1. The molecule has 0 aliphatic heterocycles. The lowest BCUT2D eigenvalue weighted by Crippen LogP contribution is -2.52. The molecule has 0 aliphatic carbocycles. The smallest absolute Gasteiger partial charge is 0.243 e. The maximum atomic E-state index is 13.9. The van der Waals surface area contributed by atoms with Crippen LogP contribution >= 0.6 is 0 Å². The number of aryl methyl sites for hydroxylation is 1. The zero-order valence-corrected chi connectivity index (χ0v) is 25.4. The van der Waals surface area contributed by atoms with E-state index in [0.717, 1.165) is 22.9 Å². The number of rotatable bonds is 14. The van der Waals surface area contributed by atoms with E-state index in [1.807, 2.05) is 75.4 Å². The predicted molar refractivity (Wildman–Crippen MR) is 163 cm³/mol. The maximum absolute atomic E-state index is 13.9. The third-order valence-electron chi connectivity index (χ3n) is 6.82. The molecule has 0 saturated heterocycles. The van der Waals surface area contributed by atoms with Gasteiger partial charge in [0.15, 0.2) is 0 Å². The Labute approximate surface area is 244 Å². The summed E-state index contributed by atoms with van der Waals surface area (Å²) in [5, 5.41) is 2.99. The zero-order valence-electron chi connectivity index (χ0n) is 24.5. The molecule has 1 atom stereocenters. The second-order valence-corrected chi connectivity index (χ2v) is 12.4. The lowest BCUT2D eigenvalue weighted by atomic mass is 10.0. The van der Waals surface area contributed by atoms with Gasteiger partial charge in [0.1, 0.15) is 11.8 Å². The van der Waals surface area contributed by atoms with Crippen LogP contribution in [0.3, 0.4) is 0 Å². The third kappa shape index (κ3) is 9.35. The molecule has 0 unspecified atom stereocenters. The Morgan fingerprint density at radius 2 is 1.56 bits per heavy atom. The number of benzene rings is 3. The Kier molecular flexibility index (Phi) is 11.3. The molecule has 1 N–H and O–H groups in total. The van der Waals surface area contributed by atoms with E-state index in [9.17, 15) is 18.0 Å². The molecule has 0 aliphatic rings. The van der Waals surface area contributed by atoms with Gasteiger partial charge in [0.05, 0.1) is 19.1 Å². The van der Waals surface area contributed by atoms with Crippen LogP contribution in [0.5, 0.6) is 5.75 Å². The van der Waals surface area contributed by atoms with Gasteiger partial charge in [-0.2, -0.15) is 0 Å². The van der Waals surface area contributed by atoms with E-state index in [1.165, 1.54) is 4.31 Å². The molecule has 0 bridgehead atoms. The van der Waals surface area contributed by atoms with Crippen LogP contribution in [0.1, 0.15) is 43.4 Å². The fourth-order valence-electron chi connectivity index (χ4n) is 4.66. The van der Waals surface area contributed by atoms with Crippen molar-refractivity contribution < 1.29 is 22.7 Å². The first-order valence-electron chi connectivity index (χ1n) is 13.8. The quantitative estimate of drug-likeness (QED) is 0.298. The highest BCUT2D eigenvalue weighted by Crippen LogP contribution is 2.23. The Balaban J connectivity index is 1.88. The highest BCUT2D eigenvalue weighted by Gasteiger charge is 2.31.